The van der Waals surface area contributed by atoms with E-state index in [1.54, 1.807) is 6.92 Å². The highest BCUT2D eigenvalue weighted by Gasteiger charge is 2.03. The lowest BCUT2D eigenvalue weighted by molar-refractivity contribution is -0.141. The van der Waals surface area contributed by atoms with Crippen LogP contribution in [0.1, 0.15) is 6.92 Å². The molecular formula is C4H13ClNO5PS. The molecule has 13 heavy (non-hydrogen) atoms. The number of hydrogen-bond donors (Lipinski definition) is 4. The number of ether oxygens (including phenoxy) is 1. The van der Waals surface area contributed by atoms with E-state index in [4.69, 9.17) is 20.4 Å². The second-order valence-electron chi connectivity index (χ2n) is 1.83. The van der Waals surface area contributed by atoms with Crippen LogP contribution in [0.4, 0.5) is 0 Å². The van der Waals surface area contributed by atoms with Crippen molar-refractivity contribution in [2.75, 3.05) is 7.11 Å². The van der Waals surface area contributed by atoms with E-state index >= 15 is 0 Å². The van der Waals surface area contributed by atoms with E-state index in [1.165, 1.54) is 7.11 Å². The summed E-state index contributed by atoms with van der Waals surface area (Å²) >= 11 is 3.60. The Kier molecular flexibility index (Phi) is 12.9. The minimum atomic E-state index is -3.81. The fourth-order valence-electron chi connectivity index (χ4n) is 0.186. The lowest BCUT2D eigenvalue weighted by atomic mass is 10.4. The molecule has 0 spiro atoms. The number of halogens is 1. The van der Waals surface area contributed by atoms with Crippen LogP contribution in [0.15, 0.2) is 0 Å². The lowest BCUT2D eigenvalue weighted by Gasteiger charge is -1.98. The summed E-state index contributed by atoms with van der Waals surface area (Å²) < 4.78 is 4.25. The van der Waals surface area contributed by atoms with Gasteiger partial charge in [-0.1, -0.05) is 0 Å². The van der Waals surface area contributed by atoms with Crippen LogP contribution in [0.3, 0.4) is 0 Å². The highest BCUT2D eigenvalue weighted by molar-refractivity contribution is 8.06. The topological polar surface area (TPSA) is 113 Å². The van der Waals surface area contributed by atoms with Crippen molar-refractivity contribution in [1.29, 1.82) is 0 Å². The third-order valence-corrected chi connectivity index (χ3v) is 0.573. The Hall–Kier alpha value is 0.250. The van der Waals surface area contributed by atoms with E-state index < -0.39 is 12.8 Å². The molecule has 0 fully saturated rings. The second-order valence-corrected chi connectivity index (χ2v) is 4.32. The molecule has 6 nitrogen and oxygen atoms in total. The summed E-state index contributed by atoms with van der Waals surface area (Å²) in [4.78, 5) is 32.8. The predicted octanol–water partition coefficient (Wildman–Crippen LogP) is -0.884. The van der Waals surface area contributed by atoms with E-state index in [2.05, 4.69) is 16.5 Å². The SMILES string of the molecule is COC(=O)C(C)N.Cl.OP(O)(O)=S. The van der Waals surface area contributed by atoms with Gasteiger partial charge in [0.25, 0.3) is 0 Å². The molecule has 0 aliphatic carbocycles. The number of esters is 1. The quantitative estimate of drug-likeness (QED) is 0.354. The zero-order valence-electron chi connectivity index (χ0n) is 7.08. The minimum absolute atomic E-state index is 0. The van der Waals surface area contributed by atoms with Crippen LogP contribution in [0.25, 0.3) is 0 Å². The first-order valence-corrected chi connectivity index (χ1v) is 5.46. The van der Waals surface area contributed by atoms with Crippen molar-refractivity contribution in [1.82, 2.24) is 0 Å². The van der Waals surface area contributed by atoms with Crippen molar-refractivity contribution < 1.29 is 24.2 Å². The van der Waals surface area contributed by atoms with Gasteiger partial charge < -0.3 is 25.2 Å². The van der Waals surface area contributed by atoms with Crippen molar-refractivity contribution in [3.05, 3.63) is 0 Å². The molecule has 0 saturated carbocycles. The van der Waals surface area contributed by atoms with Crippen LogP contribution in [-0.4, -0.2) is 33.8 Å². The Morgan fingerprint density at radius 1 is 1.54 bits per heavy atom. The fraction of sp³-hybridized carbons (Fsp3) is 0.750. The van der Waals surface area contributed by atoms with E-state index in [1.807, 2.05) is 0 Å². The Balaban J connectivity index is -0.000000150. The normalized spacial score (nSPS) is 11.5. The molecular weight excluding hydrogens is 241 g/mol. The highest BCUT2D eigenvalue weighted by Crippen LogP contribution is 2.26. The second kappa shape index (κ2) is 8.83. The molecule has 0 bridgehead atoms. The maximum Gasteiger partial charge on any atom is 0.322 e. The van der Waals surface area contributed by atoms with Crippen molar-refractivity contribution in [3.8, 4) is 0 Å². The first kappa shape index (κ1) is 18.9. The monoisotopic (exact) mass is 253 g/mol. The molecule has 9 heteroatoms. The van der Waals surface area contributed by atoms with Crippen LogP contribution < -0.4 is 5.73 Å². The molecule has 0 rings (SSSR count). The Labute approximate surface area is 87.4 Å². The van der Waals surface area contributed by atoms with Gasteiger partial charge in [-0.3, -0.25) is 4.79 Å². The van der Waals surface area contributed by atoms with Crippen LogP contribution in [-0.2, 0) is 21.3 Å². The van der Waals surface area contributed by atoms with Gasteiger partial charge in [-0.05, 0) is 18.7 Å². The summed E-state index contributed by atoms with van der Waals surface area (Å²) in [7, 11) is 1.31. The number of nitrogens with two attached hydrogens (primary N) is 1. The molecule has 0 heterocycles. The minimum Gasteiger partial charge on any atom is -0.468 e. The van der Waals surface area contributed by atoms with Crippen molar-refractivity contribution >= 4 is 36.9 Å². The van der Waals surface area contributed by atoms with Crippen molar-refractivity contribution in [2.45, 2.75) is 13.0 Å². The third kappa shape index (κ3) is 32.9. The highest BCUT2D eigenvalue weighted by atomic mass is 35.5. The first-order valence-electron chi connectivity index (χ1n) is 2.80. The molecule has 1 atom stereocenters. The largest absolute Gasteiger partial charge is 0.468 e. The van der Waals surface area contributed by atoms with Crippen molar-refractivity contribution in [2.24, 2.45) is 5.73 Å². The Morgan fingerprint density at radius 2 is 1.77 bits per heavy atom. The fourth-order valence-corrected chi connectivity index (χ4v) is 0.186. The summed E-state index contributed by atoms with van der Waals surface area (Å²) in [6, 6.07) is -0.495. The number of carbonyl (C=O) groups is 1. The zero-order valence-corrected chi connectivity index (χ0v) is 9.60. The molecule has 0 aromatic rings. The van der Waals surface area contributed by atoms with Crippen LogP contribution >= 0.6 is 19.1 Å². The number of rotatable bonds is 1. The van der Waals surface area contributed by atoms with Crippen LogP contribution in [0.2, 0.25) is 0 Å². The summed E-state index contributed by atoms with van der Waals surface area (Å²) in [5.41, 5.74) is 5.07. The predicted molar refractivity (Wildman–Crippen MR) is 53.9 cm³/mol. The smallest absolute Gasteiger partial charge is 0.322 e. The maximum atomic E-state index is 10.2. The standard InChI is InChI=1S/C4H9NO2.ClH.H3O3PS/c1-3(5)4(6)7-2;;1-4(2,3)5/h3H,5H2,1-2H3;1H;(H3,1,2,3,5). The molecule has 0 aliphatic heterocycles. The molecule has 0 aliphatic rings. The van der Waals surface area contributed by atoms with Crippen molar-refractivity contribution in [3.63, 3.8) is 0 Å². The lowest BCUT2D eigenvalue weighted by Crippen LogP contribution is -2.27. The van der Waals surface area contributed by atoms with Gasteiger partial charge in [0.05, 0.1) is 7.11 Å². The first-order chi connectivity index (χ1) is 5.18. The maximum absolute atomic E-state index is 10.2. The van der Waals surface area contributed by atoms with Crippen LogP contribution in [0, 0.1) is 0 Å². The number of hydrogen-bond acceptors (Lipinski definition) is 4. The van der Waals surface area contributed by atoms with Gasteiger partial charge >= 0.3 is 12.7 Å². The van der Waals surface area contributed by atoms with Crippen LogP contribution in [0.5, 0.6) is 0 Å². The zero-order chi connectivity index (χ0) is 10.4. The van der Waals surface area contributed by atoms with Gasteiger partial charge in [-0.15, -0.1) is 12.4 Å². The van der Waals surface area contributed by atoms with Gasteiger partial charge in [0, 0.05) is 0 Å². The van der Waals surface area contributed by atoms with E-state index in [9.17, 15) is 4.79 Å². The van der Waals surface area contributed by atoms with E-state index in [0.29, 0.717) is 0 Å². The molecule has 0 aromatic heterocycles. The van der Waals surface area contributed by atoms with Gasteiger partial charge in [0.15, 0.2) is 0 Å². The number of methoxy groups -OCH3 is 1. The van der Waals surface area contributed by atoms with Gasteiger partial charge in [-0.2, -0.15) is 0 Å². The van der Waals surface area contributed by atoms with E-state index in [-0.39, 0.29) is 18.4 Å². The molecule has 0 saturated heterocycles. The average molecular weight is 254 g/mol. The Morgan fingerprint density at radius 3 is 1.77 bits per heavy atom. The average Bonchev–Trinajstić information content (AvgIpc) is 1.82. The van der Waals surface area contributed by atoms with Gasteiger partial charge in [0.2, 0.25) is 0 Å². The van der Waals surface area contributed by atoms with E-state index in [0.717, 1.165) is 0 Å². The Bertz CT molecular complexity index is 175. The summed E-state index contributed by atoms with van der Waals surface area (Å²) in [6.07, 6.45) is 0. The third-order valence-electron chi connectivity index (χ3n) is 0.573. The summed E-state index contributed by atoms with van der Waals surface area (Å²) in [5.74, 6) is -0.375. The molecule has 0 aromatic carbocycles. The summed E-state index contributed by atoms with van der Waals surface area (Å²) in [6.45, 7) is -2.23. The number of carbonyl (C=O) groups excluding carboxylic acids is 1. The molecule has 0 radical (unpaired) electrons. The van der Waals surface area contributed by atoms with Gasteiger partial charge in [-0.25, -0.2) is 0 Å². The molecule has 0 amide bonds. The molecule has 5 N–H and O–H groups in total. The summed E-state index contributed by atoms with van der Waals surface area (Å²) in [5, 5.41) is 0. The van der Waals surface area contributed by atoms with Gasteiger partial charge in [0.1, 0.15) is 6.04 Å². The molecule has 82 valence electrons. The molecule has 1 unspecified atom stereocenters.